The molecule has 1 heterocycles. The van der Waals surface area contributed by atoms with E-state index in [-0.39, 0.29) is 5.91 Å². The normalized spacial score (nSPS) is 13.6. The van der Waals surface area contributed by atoms with Crippen LogP contribution in [0.2, 0.25) is 0 Å². The van der Waals surface area contributed by atoms with Gasteiger partial charge in [0, 0.05) is 18.0 Å². The molecule has 6 heteroatoms. The first-order chi connectivity index (χ1) is 12.1. The van der Waals surface area contributed by atoms with E-state index in [0.717, 1.165) is 42.7 Å². The van der Waals surface area contributed by atoms with Crippen LogP contribution in [0.4, 0.5) is 0 Å². The first-order valence-corrected chi connectivity index (χ1v) is 8.58. The molecule has 0 unspecified atom stereocenters. The SMILES string of the molecule is COc1ccc(-c2nc(CCCC(=O)NC3CC3)c(C)o2)cc1OC. The number of nitrogens with one attached hydrogen (secondary N) is 1. The average molecular weight is 344 g/mol. The summed E-state index contributed by atoms with van der Waals surface area (Å²) in [7, 11) is 3.20. The Labute approximate surface area is 147 Å². The van der Waals surface area contributed by atoms with Crippen LogP contribution in [0.25, 0.3) is 11.5 Å². The monoisotopic (exact) mass is 344 g/mol. The van der Waals surface area contributed by atoms with E-state index >= 15 is 0 Å². The Balaban J connectivity index is 1.64. The van der Waals surface area contributed by atoms with Gasteiger partial charge in [0.2, 0.25) is 11.8 Å². The summed E-state index contributed by atoms with van der Waals surface area (Å²) in [5.41, 5.74) is 1.72. The molecule has 134 valence electrons. The minimum absolute atomic E-state index is 0.128. The number of nitrogens with zero attached hydrogens (tertiary/aromatic N) is 1. The molecule has 1 aromatic heterocycles. The van der Waals surface area contributed by atoms with E-state index in [4.69, 9.17) is 13.9 Å². The van der Waals surface area contributed by atoms with Crippen LogP contribution in [0, 0.1) is 6.92 Å². The van der Waals surface area contributed by atoms with Crippen LogP contribution in [0.1, 0.15) is 37.1 Å². The third-order valence-corrected chi connectivity index (χ3v) is 4.28. The molecule has 25 heavy (non-hydrogen) atoms. The van der Waals surface area contributed by atoms with E-state index in [0.29, 0.717) is 29.9 Å². The number of rotatable bonds is 8. The van der Waals surface area contributed by atoms with Crippen LogP contribution in [0.15, 0.2) is 22.6 Å². The average Bonchev–Trinajstić information content (AvgIpc) is 3.35. The van der Waals surface area contributed by atoms with Crippen LogP contribution in [-0.4, -0.2) is 31.2 Å². The number of methoxy groups -OCH3 is 2. The Bertz CT molecular complexity index is 750. The van der Waals surface area contributed by atoms with Crippen molar-refractivity contribution >= 4 is 5.91 Å². The van der Waals surface area contributed by atoms with E-state index in [1.165, 1.54) is 0 Å². The molecule has 1 N–H and O–H groups in total. The van der Waals surface area contributed by atoms with Gasteiger partial charge in [-0.2, -0.15) is 0 Å². The zero-order valence-corrected chi connectivity index (χ0v) is 14.9. The molecule has 1 aliphatic carbocycles. The summed E-state index contributed by atoms with van der Waals surface area (Å²) in [6, 6.07) is 5.98. The highest BCUT2D eigenvalue weighted by atomic mass is 16.5. The van der Waals surface area contributed by atoms with Gasteiger partial charge in [-0.25, -0.2) is 4.98 Å². The lowest BCUT2D eigenvalue weighted by molar-refractivity contribution is -0.121. The van der Waals surface area contributed by atoms with Crippen molar-refractivity contribution in [2.75, 3.05) is 14.2 Å². The Morgan fingerprint density at radius 1 is 1.28 bits per heavy atom. The molecule has 1 amide bonds. The predicted octanol–water partition coefficient (Wildman–Crippen LogP) is 3.27. The van der Waals surface area contributed by atoms with Crippen LogP contribution < -0.4 is 14.8 Å². The molecule has 0 aliphatic heterocycles. The molecule has 0 radical (unpaired) electrons. The fraction of sp³-hybridized carbons (Fsp3) is 0.474. The minimum atomic E-state index is 0.128. The maximum absolute atomic E-state index is 11.7. The summed E-state index contributed by atoms with van der Waals surface area (Å²) in [6.45, 7) is 1.90. The number of aryl methyl sites for hydroxylation is 2. The molecule has 1 aromatic carbocycles. The van der Waals surface area contributed by atoms with Crippen molar-refractivity contribution in [1.29, 1.82) is 0 Å². The molecule has 3 rings (SSSR count). The molecule has 0 atom stereocenters. The van der Waals surface area contributed by atoms with E-state index in [1.54, 1.807) is 14.2 Å². The quantitative estimate of drug-likeness (QED) is 0.795. The number of hydrogen-bond acceptors (Lipinski definition) is 5. The van der Waals surface area contributed by atoms with E-state index in [2.05, 4.69) is 10.3 Å². The summed E-state index contributed by atoms with van der Waals surface area (Å²) in [4.78, 5) is 16.3. The standard InChI is InChI=1S/C19H24N2O4/c1-12-15(5-4-6-18(22)20-14-8-9-14)21-19(25-12)13-7-10-16(23-2)17(11-13)24-3/h7,10-11,14H,4-6,8-9H2,1-3H3,(H,20,22). The molecule has 6 nitrogen and oxygen atoms in total. The van der Waals surface area contributed by atoms with Gasteiger partial charge < -0.3 is 19.2 Å². The van der Waals surface area contributed by atoms with Crippen molar-refractivity contribution < 1.29 is 18.7 Å². The molecular weight excluding hydrogens is 320 g/mol. The summed E-state index contributed by atoms with van der Waals surface area (Å²) >= 11 is 0. The maximum Gasteiger partial charge on any atom is 0.226 e. The third-order valence-electron chi connectivity index (χ3n) is 4.28. The minimum Gasteiger partial charge on any atom is -0.493 e. The lowest BCUT2D eigenvalue weighted by atomic mass is 10.1. The molecular formula is C19H24N2O4. The second-order valence-electron chi connectivity index (χ2n) is 6.29. The number of amides is 1. The van der Waals surface area contributed by atoms with Crippen LogP contribution in [-0.2, 0) is 11.2 Å². The van der Waals surface area contributed by atoms with Gasteiger partial charge in [0.25, 0.3) is 0 Å². The fourth-order valence-electron chi connectivity index (χ4n) is 2.70. The van der Waals surface area contributed by atoms with E-state index < -0.39 is 0 Å². The van der Waals surface area contributed by atoms with Crippen molar-refractivity contribution in [3.05, 3.63) is 29.7 Å². The Hall–Kier alpha value is -2.50. The Morgan fingerprint density at radius 2 is 2.04 bits per heavy atom. The zero-order chi connectivity index (χ0) is 17.8. The van der Waals surface area contributed by atoms with E-state index in [9.17, 15) is 4.79 Å². The van der Waals surface area contributed by atoms with Gasteiger partial charge in [0.05, 0.1) is 19.9 Å². The number of carbonyl (C=O) groups is 1. The van der Waals surface area contributed by atoms with Crippen LogP contribution in [0.3, 0.4) is 0 Å². The van der Waals surface area contributed by atoms with Crippen LogP contribution in [0.5, 0.6) is 11.5 Å². The second-order valence-corrected chi connectivity index (χ2v) is 6.29. The second kappa shape index (κ2) is 7.59. The predicted molar refractivity (Wildman–Crippen MR) is 93.9 cm³/mol. The van der Waals surface area contributed by atoms with Crippen molar-refractivity contribution in [3.63, 3.8) is 0 Å². The van der Waals surface area contributed by atoms with Crippen molar-refractivity contribution in [2.24, 2.45) is 0 Å². The van der Waals surface area contributed by atoms with Gasteiger partial charge in [-0.05, 0) is 50.8 Å². The summed E-state index contributed by atoms with van der Waals surface area (Å²) < 4.78 is 16.4. The van der Waals surface area contributed by atoms with Gasteiger partial charge >= 0.3 is 0 Å². The lowest BCUT2D eigenvalue weighted by Gasteiger charge is -2.07. The topological polar surface area (TPSA) is 73.6 Å². The van der Waals surface area contributed by atoms with Crippen molar-refractivity contribution in [2.45, 2.75) is 45.1 Å². The first kappa shape index (κ1) is 17.3. The highest BCUT2D eigenvalue weighted by Gasteiger charge is 2.23. The molecule has 2 aromatic rings. The molecule has 0 bridgehead atoms. The highest BCUT2D eigenvalue weighted by Crippen LogP contribution is 2.32. The molecule has 0 spiro atoms. The molecule has 1 saturated carbocycles. The largest absolute Gasteiger partial charge is 0.493 e. The summed E-state index contributed by atoms with van der Waals surface area (Å²) in [5, 5.41) is 3.00. The molecule has 1 aliphatic rings. The number of ether oxygens (including phenoxy) is 2. The van der Waals surface area contributed by atoms with Crippen LogP contribution >= 0.6 is 0 Å². The van der Waals surface area contributed by atoms with Gasteiger partial charge in [-0.3, -0.25) is 4.79 Å². The van der Waals surface area contributed by atoms with Crippen molar-refractivity contribution in [1.82, 2.24) is 10.3 Å². The van der Waals surface area contributed by atoms with Gasteiger partial charge in [0.15, 0.2) is 11.5 Å². The molecule has 0 saturated heterocycles. The Morgan fingerprint density at radius 3 is 2.72 bits per heavy atom. The maximum atomic E-state index is 11.7. The number of benzene rings is 1. The Kier molecular flexibility index (Phi) is 5.26. The van der Waals surface area contributed by atoms with Gasteiger partial charge in [-0.1, -0.05) is 0 Å². The van der Waals surface area contributed by atoms with E-state index in [1.807, 2.05) is 25.1 Å². The van der Waals surface area contributed by atoms with Crippen molar-refractivity contribution in [3.8, 4) is 23.0 Å². The number of oxazole rings is 1. The van der Waals surface area contributed by atoms with Gasteiger partial charge in [-0.15, -0.1) is 0 Å². The lowest BCUT2D eigenvalue weighted by Crippen LogP contribution is -2.25. The summed E-state index contributed by atoms with van der Waals surface area (Å²) in [5.74, 6) is 2.76. The number of hydrogen-bond donors (Lipinski definition) is 1. The first-order valence-electron chi connectivity index (χ1n) is 8.58. The molecule has 1 fully saturated rings. The smallest absolute Gasteiger partial charge is 0.226 e. The summed E-state index contributed by atoms with van der Waals surface area (Å²) in [6.07, 6.45) is 4.23. The number of carbonyl (C=O) groups excluding carboxylic acids is 1. The number of aromatic nitrogens is 1. The van der Waals surface area contributed by atoms with Gasteiger partial charge in [0.1, 0.15) is 5.76 Å². The third kappa shape index (κ3) is 4.32. The fourth-order valence-corrected chi connectivity index (χ4v) is 2.70. The zero-order valence-electron chi connectivity index (χ0n) is 14.9. The highest BCUT2D eigenvalue weighted by molar-refractivity contribution is 5.76.